The zero-order valence-electron chi connectivity index (χ0n) is 9.41. The van der Waals surface area contributed by atoms with Crippen molar-refractivity contribution in [1.82, 2.24) is 5.32 Å². The second kappa shape index (κ2) is 5.58. The molecule has 0 heterocycles. The smallest absolute Gasteiger partial charge is 0.00645 e. The molecular weight excluding hydrogens is 146 g/mol. The van der Waals surface area contributed by atoms with Gasteiger partial charge in [0.05, 0.1) is 0 Å². The molecule has 0 aromatic heterocycles. The highest BCUT2D eigenvalue weighted by Gasteiger charge is 2.12. The van der Waals surface area contributed by atoms with Gasteiger partial charge in [0.15, 0.2) is 0 Å². The molecule has 0 saturated heterocycles. The molecule has 0 aromatic rings. The van der Waals surface area contributed by atoms with E-state index >= 15 is 0 Å². The van der Waals surface area contributed by atoms with E-state index in [2.05, 4.69) is 39.9 Å². The molecule has 1 heteroatoms. The summed E-state index contributed by atoms with van der Waals surface area (Å²) in [7, 11) is 0. The van der Waals surface area contributed by atoms with E-state index in [9.17, 15) is 0 Å². The predicted octanol–water partition coefficient (Wildman–Crippen LogP) is 3.20. The molecule has 0 bridgehead atoms. The van der Waals surface area contributed by atoms with Crippen molar-refractivity contribution >= 4 is 0 Å². The van der Waals surface area contributed by atoms with Crippen molar-refractivity contribution in [2.45, 2.75) is 59.9 Å². The van der Waals surface area contributed by atoms with Crippen LogP contribution >= 0.6 is 0 Å². The summed E-state index contributed by atoms with van der Waals surface area (Å²) in [4.78, 5) is 0. The van der Waals surface area contributed by atoms with Crippen LogP contribution in [-0.4, -0.2) is 12.6 Å². The lowest BCUT2D eigenvalue weighted by Crippen LogP contribution is -2.35. The molecule has 0 fully saturated rings. The van der Waals surface area contributed by atoms with Gasteiger partial charge < -0.3 is 5.32 Å². The van der Waals surface area contributed by atoms with Crippen LogP contribution in [0.4, 0.5) is 0 Å². The maximum absolute atomic E-state index is 3.61. The summed E-state index contributed by atoms with van der Waals surface area (Å²) in [5.74, 6) is 0. The second-order valence-electron chi connectivity index (χ2n) is 4.84. The highest BCUT2D eigenvalue weighted by atomic mass is 14.9. The Morgan fingerprint density at radius 1 is 1.17 bits per heavy atom. The van der Waals surface area contributed by atoms with Crippen molar-refractivity contribution < 1.29 is 0 Å². The van der Waals surface area contributed by atoms with Crippen LogP contribution in [0.15, 0.2) is 0 Å². The highest BCUT2D eigenvalue weighted by Crippen LogP contribution is 2.12. The van der Waals surface area contributed by atoms with Crippen molar-refractivity contribution in [3.8, 4) is 0 Å². The van der Waals surface area contributed by atoms with Crippen molar-refractivity contribution in [2.75, 3.05) is 6.54 Å². The zero-order chi connectivity index (χ0) is 9.61. The van der Waals surface area contributed by atoms with E-state index < -0.39 is 0 Å². The maximum atomic E-state index is 3.61. The van der Waals surface area contributed by atoms with Crippen LogP contribution in [-0.2, 0) is 0 Å². The van der Waals surface area contributed by atoms with Gasteiger partial charge in [0.2, 0.25) is 0 Å². The monoisotopic (exact) mass is 171 g/mol. The molecule has 74 valence electrons. The summed E-state index contributed by atoms with van der Waals surface area (Å²) < 4.78 is 0. The first-order chi connectivity index (χ1) is 5.49. The predicted molar refractivity (Wildman–Crippen MR) is 56.4 cm³/mol. The van der Waals surface area contributed by atoms with Crippen molar-refractivity contribution in [2.24, 2.45) is 5.41 Å². The van der Waals surface area contributed by atoms with Crippen LogP contribution in [0, 0.1) is 5.41 Å². The first kappa shape index (κ1) is 12.0. The van der Waals surface area contributed by atoms with E-state index in [1.54, 1.807) is 0 Å². The second-order valence-corrected chi connectivity index (χ2v) is 4.84. The fourth-order valence-corrected chi connectivity index (χ4v) is 1.25. The normalized spacial score (nSPS) is 14.8. The van der Waals surface area contributed by atoms with Crippen molar-refractivity contribution in [3.63, 3.8) is 0 Å². The topological polar surface area (TPSA) is 12.0 Å². The molecule has 12 heavy (non-hydrogen) atoms. The lowest BCUT2D eigenvalue weighted by Gasteiger charge is -2.23. The number of hydrogen-bond donors (Lipinski definition) is 1. The number of nitrogens with one attached hydrogen (secondary N) is 1. The van der Waals surface area contributed by atoms with Crippen LogP contribution in [0.1, 0.15) is 53.9 Å². The Balaban J connectivity index is 3.58. The van der Waals surface area contributed by atoms with Gasteiger partial charge in [0, 0.05) is 12.6 Å². The molecule has 0 aliphatic rings. The van der Waals surface area contributed by atoms with Gasteiger partial charge in [0.25, 0.3) is 0 Å². The van der Waals surface area contributed by atoms with Gasteiger partial charge >= 0.3 is 0 Å². The Hall–Kier alpha value is -0.0400. The Morgan fingerprint density at radius 3 is 2.08 bits per heavy atom. The summed E-state index contributed by atoms with van der Waals surface area (Å²) in [5.41, 5.74) is 0.418. The Morgan fingerprint density at radius 2 is 1.75 bits per heavy atom. The SMILES string of the molecule is CCCC(CC)NCC(C)(C)C. The molecule has 0 rings (SSSR count). The van der Waals surface area contributed by atoms with Gasteiger partial charge in [-0.3, -0.25) is 0 Å². The summed E-state index contributed by atoms with van der Waals surface area (Å²) in [6.45, 7) is 12.5. The van der Waals surface area contributed by atoms with Gasteiger partial charge in [-0.15, -0.1) is 0 Å². The van der Waals surface area contributed by atoms with E-state index in [1.807, 2.05) is 0 Å². The molecule has 0 saturated carbocycles. The summed E-state index contributed by atoms with van der Waals surface area (Å²) in [6, 6.07) is 0.731. The minimum atomic E-state index is 0.418. The summed E-state index contributed by atoms with van der Waals surface area (Å²) in [6.07, 6.45) is 3.85. The Bertz CT molecular complexity index is 102. The highest BCUT2D eigenvalue weighted by molar-refractivity contribution is 4.70. The Labute approximate surface area is 77.9 Å². The largest absolute Gasteiger partial charge is 0.313 e. The van der Waals surface area contributed by atoms with Gasteiger partial charge in [-0.1, -0.05) is 41.0 Å². The molecular formula is C11H25N. The first-order valence-electron chi connectivity index (χ1n) is 5.23. The summed E-state index contributed by atoms with van der Waals surface area (Å²) >= 11 is 0. The fourth-order valence-electron chi connectivity index (χ4n) is 1.25. The standard InChI is InChI=1S/C11H25N/c1-6-8-10(7-2)12-9-11(3,4)5/h10,12H,6-9H2,1-5H3. The molecule has 0 aromatic carbocycles. The van der Waals surface area contributed by atoms with Crippen LogP contribution in [0.25, 0.3) is 0 Å². The third-order valence-corrected chi connectivity index (χ3v) is 2.05. The van der Waals surface area contributed by atoms with Gasteiger partial charge in [-0.25, -0.2) is 0 Å². The van der Waals surface area contributed by atoms with Crippen LogP contribution in [0.3, 0.4) is 0 Å². The van der Waals surface area contributed by atoms with E-state index in [-0.39, 0.29) is 0 Å². The lowest BCUT2D eigenvalue weighted by molar-refractivity contribution is 0.337. The molecule has 1 unspecified atom stereocenters. The van der Waals surface area contributed by atoms with Crippen molar-refractivity contribution in [3.05, 3.63) is 0 Å². The minimum Gasteiger partial charge on any atom is -0.313 e. The van der Waals surface area contributed by atoms with Gasteiger partial charge in [-0.2, -0.15) is 0 Å². The van der Waals surface area contributed by atoms with E-state index in [0.717, 1.165) is 12.6 Å². The maximum Gasteiger partial charge on any atom is 0.00645 e. The molecule has 0 spiro atoms. The zero-order valence-corrected chi connectivity index (χ0v) is 9.41. The molecule has 1 N–H and O–H groups in total. The minimum absolute atomic E-state index is 0.418. The van der Waals surface area contributed by atoms with Gasteiger partial charge in [0.1, 0.15) is 0 Å². The van der Waals surface area contributed by atoms with Gasteiger partial charge in [-0.05, 0) is 18.3 Å². The molecule has 0 radical (unpaired) electrons. The molecule has 0 aliphatic carbocycles. The quantitative estimate of drug-likeness (QED) is 0.670. The van der Waals surface area contributed by atoms with Crippen LogP contribution < -0.4 is 5.32 Å². The average Bonchev–Trinajstić information content (AvgIpc) is 1.96. The molecule has 0 aliphatic heterocycles. The lowest BCUT2D eigenvalue weighted by atomic mass is 9.96. The third kappa shape index (κ3) is 6.66. The van der Waals surface area contributed by atoms with E-state index in [0.29, 0.717) is 5.41 Å². The molecule has 1 nitrogen and oxygen atoms in total. The Kier molecular flexibility index (Phi) is 5.56. The van der Waals surface area contributed by atoms with E-state index in [4.69, 9.17) is 0 Å². The van der Waals surface area contributed by atoms with Crippen LogP contribution in [0.2, 0.25) is 0 Å². The van der Waals surface area contributed by atoms with Crippen molar-refractivity contribution in [1.29, 1.82) is 0 Å². The molecule has 0 amide bonds. The molecule has 1 atom stereocenters. The third-order valence-electron chi connectivity index (χ3n) is 2.05. The van der Waals surface area contributed by atoms with E-state index in [1.165, 1.54) is 19.3 Å². The number of rotatable bonds is 5. The average molecular weight is 171 g/mol. The first-order valence-corrected chi connectivity index (χ1v) is 5.23. The summed E-state index contributed by atoms with van der Waals surface area (Å²) in [5, 5.41) is 3.61. The fraction of sp³-hybridized carbons (Fsp3) is 1.00. The van der Waals surface area contributed by atoms with Crippen LogP contribution in [0.5, 0.6) is 0 Å². The number of hydrogen-bond acceptors (Lipinski definition) is 1.